The van der Waals surface area contributed by atoms with E-state index in [-0.39, 0.29) is 17.1 Å². The number of para-hydroxylation sites is 1. The van der Waals surface area contributed by atoms with Gasteiger partial charge in [0.25, 0.3) is 5.91 Å². The fraction of sp³-hybridized carbons (Fsp3) is 0.0952. The Morgan fingerprint density at radius 1 is 1.00 bits per heavy atom. The van der Waals surface area contributed by atoms with E-state index in [2.05, 4.69) is 15.4 Å². The summed E-state index contributed by atoms with van der Waals surface area (Å²) in [5.74, 6) is -0.777. The molecular weight excluding hydrogens is 343 g/mol. The summed E-state index contributed by atoms with van der Waals surface area (Å²) in [6.07, 6.45) is 3.62. The van der Waals surface area contributed by atoms with Crippen molar-refractivity contribution in [2.24, 2.45) is 0 Å². The second-order valence-electron chi connectivity index (χ2n) is 6.16. The van der Waals surface area contributed by atoms with Gasteiger partial charge in [-0.25, -0.2) is 9.37 Å². The van der Waals surface area contributed by atoms with Gasteiger partial charge in [0.15, 0.2) is 0 Å². The second kappa shape index (κ2) is 7.37. The molecule has 2 aromatic carbocycles. The predicted molar refractivity (Wildman–Crippen MR) is 101 cm³/mol. The number of benzene rings is 2. The average molecular weight is 360 g/mol. The summed E-state index contributed by atoms with van der Waals surface area (Å²) >= 11 is 0. The van der Waals surface area contributed by atoms with E-state index in [0.717, 1.165) is 11.1 Å². The van der Waals surface area contributed by atoms with Crippen molar-refractivity contribution in [3.8, 4) is 0 Å². The van der Waals surface area contributed by atoms with E-state index in [1.807, 2.05) is 41.2 Å². The lowest BCUT2D eigenvalue weighted by Gasteiger charge is -2.11. The Hall–Kier alpha value is -3.54. The Balaban J connectivity index is 1.51. The van der Waals surface area contributed by atoms with Crippen molar-refractivity contribution < 1.29 is 9.18 Å². The molecule has 6 heteroatoms. The van der Waals surface area contributed by atoms with Crippen LogP contribution in [0.4, 0.5) is 4.39 Å². The van der Waals surface area contributed by atoms with Crippen molar-refractivity contribution in [3.63, 3.8) is 0 Å². The van der Waals surface area contributed by atoms with Crippen molar-refractivity contribution in [3.05, 3.63) is 95.7 Å². The molecule has 0 aliphatic heterocycles. The number of halogens is 1. The number of fused-ring (bicyclic) bond motifs is 1. The Kier molecular flexibility index (Phi) is 4.61. The predicted octanol–water partition coefficient (Wildman–Crippen LogP) is 3.55. The van der Waals surface area contributed by atoms with Crippen LogP contribution in [0.2, 0.25) is 0 Å². The first kappa shape index (κ1) is 16.9. The molecule has 1 N–H and O–H groups in total. The van der Waals surface area contributed by atoms with E-state index >= 15 is 0 Å². The van der Waals surface area contributed by atoms with Gasteiger partial charge in [-0.15, -0.1) is 0 Å². The summed E-state index contributed by atoms with van der Waals surface area (Å²) < 4.78 is 15.7. The fourth-order valence-electron chi connectivity index (χ4n) is 2.96. The molecule has 0 spiro atoms. The first-order valence-electron chi connectivity index (χ1n) is 8.58. The minimum Gasteiger partial charge on any atom is -0.347 e. The number of nitrogens with one attached hydrogen (secondary N) is 1. The smallest absolute Gasteiger partial charge is 0.270 e. The molecule has 0 saturated carbocycles. The second-order valence-corrected chi connectivity index (χ2v) is 6.16. The third kappa shape index (κ3) is 3.69. The minimum absolute atomic E-state index is 0.192. The third-order valence-corrected chi connectivity index (χ3v) is 4.35. The number of nitrogens with zero attached hydrogens (tertiary/aromatic N) is 3. The molecule has 27 heavy (non-hydrogen) atoms. The zero-order valence-electron chi connectivity index (χ0n) is 14.5. The van der Waals surface area contributed by atoms with Crippen LogP contribution in [-0.2, 0) is 13.1 Å². The zero-order valence-corrected chi connectivity index (χ0v) is 14.5. The number of aromatic nitrogens is 3. The molecule has 0 aliphatic rings. The molecule has 2 heterocycles. The van der Waals surface area contributed by atoms with E-state index < -0.39 is 5.82 Å². The molecule has 4 aromatic rings. The molecule has 5 nitrogen and oxygen atoms in total. The number of hydrogen-bond acceptors (Lipinski definition) is 3. The molecule has 2 aromatic heterocycles. The van der Waals surface area contributed by atoms with Gasteiger partial charge in [-0.1, -0.05) is 42.5 Å². The van der Waals surface area contributed by atoms with Gasteiger partial charge >= 0.3 is 0 Å². The highest BCUT2D eigenvalue weighted by molar-refractivity contribution is 5.94. The van der Waals surface area contributed by atoms with Gasteiger partial charge in [0.2, 0.25) is 0 Å². The fourth-order valence-corrected chi connectivity index (χ4v) is 2.96. The largest absolute Gasteiger partial charge is 0.347 e. The lowest BCUT2D eigenvalue weighted by molar-refractivity contribution is 0.0946. The van der Waals surface area contributed by atoms with Crippen LogP contribution in [0.5, 0.6) is 0 Å². The first-order chi connectivity index (χ1) is 13.2. The number of rotatable bonds is 5. The van der Waals surface area contributed by atoms with E-state index in [1.54, 1.807) is 30.5 Å². The number of carbonyl (C=O) groups excluding carboxylic acids is 1. The summed E-state index contributed by atoms with van der Waals surface area (Å²) in [6.45, 7) is 0.978. The maximum Gasteiger partial charge on any atom is 0.270 e. The Bertz CT molecular complexity index is 1090. The monoisotopic (exact) mass is 360 g/mol. The summed E-state index contributed by atoms with van der Waals surface area (Å²) in [6, 6.07) is 17.7. The number of carbonyl (C=O) groups is 1. The minimum atomic E-state index is -0.438. The molecular formula is C21H17FN4O. The van der Waals surface area contributed by atoms with Crippen molar-refractivity contribution in [2.45, 2.75) is 13.1 Å². The van der Waals surface area contributed by atoms with Crippen molar-refractivity contribution in [1.82, 2.24) is 20.1 Å². The van der Waals surface area contributed by atoms with E-state index in [9.17, 15) is 9.18 Å². The van der Waals surface area contributed by atoms with Crippen LogP contribution < -0.4 is 5.32 Å². The van der Waals surface area contributed by atoms with Crippen LogP contribution in [0.1, 0.15) is 21.6 Å². The van der Waals surface area contributed by atoms with Crippen LogP contribution in [-0.4, -0.2) is 20.7 Å². The standard InChI is InChI=1S/C21H17FN4O/c22-18-8-3-7-15-9-10-19(25-20(15)18)21(27)23-13-16-5-1-2-6-17(16)14-26-12-4-11-24-26/h1-12H,13-14H2,(H,23,27). The maximum atomic E-state index is 13.9. The lowest BCUT2D eigenvalue weighted by atomic mass is 10.1. The van der Waals surface area contributed by atoms with Crippen molar-refractivity contribution >= 4 is 16.8 Å². The molecule has 4 rings (SSSR count). The summed E-state index contributed by atoms with van der Waals surface area (Å²) in [7, 11) is 0. The highest BCUT2D eigenvalue weighted by atomic mass is 19.1. The van der Waals surface area contributed by atoms with Gasteiger partial charge in [0.1, 0.15) is 17.0 Å². The van der Waals surface area contributed by atoms with Crippen LogP contribution in [0, 0.1) is 5.82 Å². The lowest BCUT2D eigenvalue weighted by Crippen LogP contribution is -2.24. The molecule has 134 valence electrons. The summed E-state index contributed by atoms with van der Waals surface area (Å²) in [4.78, 5) is 16.7. The molecule has 0 saturated heterocycles. The van der Waals surface area contributed by atoms with Gasteiger partial charge in [0, 0.05) is 24.3 Å². The maximum absolute atomic E-state index is 13.9. The van der Waals surface area contributed by atoms with Gasteiger partial charge in [-0.3, -0.25) is 9.48 Å². The molecule has 0 atom stereocenters. The molecule has 0 radical (unpaired) electrons. The van der Waals surface area contributed by atoms with Gasteiger partial charge in [-0.2, -0.15) is 5.10 Å². The Labute approximate surface area is 155 Å². The molecule has 0 fully saturated rings. The van der Waals surface area contributed by atoms with Gasteiger partial charge < -0.3 is 5.32 Å². The average Bonchev–Trinajstić information content (AvgIpc) is 3.20. The highest BCUT2D eigenvalue weighted by Gasteiger charge is 2.11. The van der Waals surface area contributed by atoms with E-state index in [0.29, 0.717) is 18.5 Å². The molecule has 0 bridgehead atoms. The topological polar surface area (TPSA) is 59.8 Å². The number of pyridine rings is 1. The van der Waals surface area contributed by atoms with Crippen LogP contribution in [0.3, 0.4) is 0 Å². The van der Waals surface area contributed by atoms with Crippen molar-refractivity contribution in [2.75, 3.05) is 0 Å². The quantitative estimate of drug-likeness (QED) is 0.592. The Morgan fingerprint density at radius 3 is 2.67 bits per heavy atom. The number of hydrogen-bond donors (Lipinski definition) is 1. The van der Waals surface area contributed by atoms with E-state index in [4.69, 9.17) is 0 Å². The van der Waals surface area contributed by atoms with Gasteiger partial charge in [-0.05, 0) is 29.3 Å². The zero-order chi connectivity index (χ0) is 18.6. The van der Waals surface area contributed by atoms with Gasteiger partial charge in [0.05, 0.1) is 6.54 Å². The normalized spacial score (nSPS) is 10.9. The van der Waals surface area contributed by atoms with Crippen LogP contribution in [0.15, 0.2) is 73.1 Å². The summed E-state index contributed by atoms with van der Waals surface area (Å²) in [5, 5.41) is 7.75. The first-order valence-corrected chi connectivity index (χ1v) is 8.58. The third-order valence-electron chi connectivity index (χ3n) is 4.35. The molecule has 0 unspecified atom stereocenters. The van der Waals surface area contributed by atoms with E-state index in [1.165, 1.54) is 6.07 Å². The molecule has 1 amide bonds. The molecule has 0 aliphatic carbocycles. The number of amides is 1. The van der Waals surface area contributed by atoms with Crippen LogP contribution >= 0.6 is 0 Å². The summed E-state index contributed by atoms with van der Waals surface area (Å²) in [5.41, 5.74) is 2.45. The van der Waals surface area contributed by atoms with Crippen LogP contribution in [0.25, 0.3) is 10.9 Å². The SMILES string of the molecule is O=C(NCc1ccccc1Cn1cccn1)c1ccc2cccc(F)c2n1. The Morgan fingerprint density at radius 2 is 1.85 bits per heavy atom. The highest BCUT2D eigenvalue weighted by Crippen LogP contribution is 2.16. The van der Waals surface area contributed by atoms with Crippen molar-refractivity contribution in [1.29, 1.82) is 0 Å².